The molecule has 1 atom stereocenters. The van der Waals surface area contributed by atoms with E-state index in [0.717, 1.165) is 6.42 Å². The molecule has 1 aromatic heterocycles. The zero-order valence-electron chi connectivity index (χ0n) is 11.4. The molecule has 1 heterocycles. The van der Waals surface area contributed by atoms with Crippen LogP contribution in [0.2, 0.25) is 0 Å². The first-order chi connectivity index (χ1) is 9.54. The first-order valence-electron chi connectivity index (χ1n) is 6.43. The highest BCUT2D eigenvalue weighted by atomic mass is 16.5. The van der Waals surface area contributed by atoms with Gasteiger partial charge < -0.3 is 13.9 Å². The Morgan fingerprint density at radius 2 is 2.15 bits per heavy atom. The Bertz CT molecular complexity index is 542. The molecule has 20 heavy (non-hydrogen) atoms. The summed E-state index contributed by atoms with van der Waals surface area (Å²) in [4.78, 5) is 35.0. The van der Waals surface area contributed by atoms with E-state index in [1.165, 1.54) is 13.4 Å². The van der Waals surface area contributed by atoms with Gasteiger partial charge in [0.05, 0.1) is 18.6 Å². The van der Waals surface area contributed by atoms with E-state index >= 15 is 0 Å². The number of esters is 2. The van der Waals surface area contributed by atoms with Gasteiger partial charge in [-0.15, -0.1) is 0 Å². The standard InChI is InChI=1S/C14H16O6/c1-8(13(16)18-2)6-20-14(17)9-7-19-11-5-3-4-10(15)12(9)11/h7-8H,3-6H2,1-2H3. The minimum atomic E-state index is -0.652. The van der Waals surface area contributed by atoms with Crippen LogP contribution in [0.5, 0.6) is 0 Å². The Kier molecular flexibility index (Phi) is 4.22. The van der Waals surface area contributed by atoms with E-state index in [4.69, 9.17) is 9.15 Å². The van der Waals surface area contributed by atoms with Gasteiger partial charge in [0, 0.05) is 12.8 Å². The molecule has 6 nitrogen and oxygen atoms in total. The Labute approximate surface area is 116 Å². The smallest absolute Gasteiger partial charge is 0.342 e. The third-order valence-electron chi connectivity index (χ3n) is 3.24. The molecule has 0 saturated heterocycles. The Hall–Kier alpha value is -2.11. The number of rotatable bonds is 4. The largest absolute Gasteiger partial charge is 0.469 e. The molecule has 0 fully saturated rings. The molecule has 1 aliphatic rings. The molecule has 108 valence electrons. The number of carbonyl (C=O) groups excluding carboxylic acids is 3. The van der Waals surface area contributed by atoms with Crippen LogP contribution in [0, 0.1) is 5.92 Å². The lowest BCUT2D eigenvalue weighted by atomic mass is 9.94. The predicted octanol–water partition coefficient (Wildman–Crippen LogP) is 1.76. The van der Waals surface area contributed by atoms with Crippen LogP contribution in [-0.4, -0.2) is 31.4 Å². The molecule has 0 aliphatic heterocycles. The van der Waals surface area contributed by atoms with E-state index in [9.17, 15) is 14.4 Å². The number of hydrogen-bond acceptors (Lipinski definition) is 6. The van der Waals surface area contributed by atoms with Gasteiger partial charge in [0.15, 0.2) is 5.78 Å². The van der Waals surface area contributed by atoms with E-state index in [2.05, 4.69) is 4.74 Å². The molecule has 1 aliphatic carbocycles. The highest BCUT2D eigenvalue weighted by Gasteiger charge is 2.29. The molecule has 2 rings (SSSR count). The quantitative estimate of drug-likeness (QED) is 0.781. The monoisotopic (exact) mass is 280 g/mol. The van der Waals surface area contributed by atoms with Crippen molar-refractivity contribution in [1.29, 1.82) is 0 Å². The Balaban J connectivity index is 2.05. The van der Waals surface area contributed by atoms with Gasteiger partial charge in [0.1, 0.15) is 24.2 Å². The summed E-state index contributed by atoms with van der Waals surface area (Å²) in [7, 11) is 1.27. The summed E-state index contributed by atoms with van der Waals surface area (Å²) in [5, 5.41) is 0. The van der Waals surface area contributed by atoms with Crippen molar-refractivity contribution in [1.82, 2.24) is 0 Å². The van der Waals surface area contributed by atoms with Gasteiger partial charge in [0.2, 0.25) is 0 Å². The third kappa shape index (κ3) is 2.74. The number of ketones is 1. The number of fused-ring (bicyclic) bond motifs is 1. The highest BCUT2D eigenvalue weighted by molar-refractivity contribution is 6.07. The van der Waals surface area contributed by atoms with E-state index in [-0.39, 0.29) is 18.0 Å². The van der Waals surface area contributed by atoms with Gasteiger partial charge >= 0.3 is 11.9 Å². The second-order valence-corrected chi connectivity index (χ2v) is 4.75. The summed E-state index contributed by atoms with van der Waals surface area (Å²) in [5.74, 6) is -1.23. The maximum atomic E-state index is 12.0. The Morgan fingerprint density at radius 3 is 2.85 bits per heavy atom. The van der Waals surface area contributed by atoms with Gasteiger partial charge in [-0.1, -0.05) is 0 Å². The molecule has 6 heteroatoms. The van der Waals surface area contributed by atoms with Gasteiger partial charge in [-0.05, 0) is 13.3 Å². The lowest BCUT2D eigenvalue weighted by Crippen LogP contribution is -2.21. The van der Waals surface area contributed by atoms with Crippen LogP contribution in [0.25, 0.3) is 0 Å². The van der Waals surface area contributed by atoms with Crippen LogP contribution in [0.15, 0.2) is 10.7 Å². The number of carbonyl (C=O) groups is 3. The SMILES string of the molecule is COC(=O)C(C)COC(=O)c1coc2c1C(=O)CCC2. The predicted molar refractivity (Wildman–Crippen MR) is 67.4 cm³/mol. The van der Waals surface area contributed by atoms with E-state index in [1.54, 1.807) is 6.92 Å². The summed E-state index contributed by atoms with van der Waals surface area (Å²) in [5.41, 5.74) is 0.466. The van der Waals surface area contributed by atoms with Crippen molar-refractivity contribution < 1.29 is 28.3 Å². The topological polar surface area (TPSA) is 82.8 Å². The molecule has 0 saturated carbocycles. The molecular formula is C14H16O6. The average Bonchev–Trinajstić information content (AvgIpc) is 2.89. The van der Waals surface area contributed by atoms with Gasteiger partial charge in [-0.2, -0.15) is 0 Å². The fourth-order valence-electron chi connectivity index (χ4n) is 2.12. The lowest BCUT2D eigenvalue weighted by molar-refractivity contribution is -0.146. The maximum absolute atomic E-state index is 12.0. The molecule has 0 bridgehead atoms. The van der Waals surface area contributed by atoms with Crippen LogP contribution in [0.3, 0.4) is 0 Å². The van der Waals surface area contributed by atoms with Crippen LogP contribution >= 0.6 is 0 Å². The number of aryl methyl sites for hydroxylation is 1. The van der Waals surface area contributed by atoms with Crippen LogP contribution in [0.4, 0.5) is 0 Å². The number of Topliss-reactive ketones (excluding diaryl/α,β-unsaturated/α-hetero) is 1. The zero-order chi connectivity index (χ0) is 14.7. The minimum absolute atomic E-state index is 0.0976. The van der Waals surface area contributed by atoms with Gasteiger partial charge in [0.25, 0.3) is 0 Å². The second-order valence-electron chi connectivity index (χ2n) is 4.75. The molecular weight excluding hydrogens is 264 g/mol. The lowest BCUT2D eigenvalue weighted by Gasteiger charge is -2.11. The van der Waals surface area contributed by atoms with Crippen LogP contribution < -0.4 is 0 Å². The fourth-order valence-corrected chi connectivity index (χ4v) is 2.12. The van der Waals surface area contributed by atoms with Crippen molar-refractivity contribution in [2.24, 2.45) is 5.92 Å². The molecule has 0 aromatic carbocycles. The van der Waals surface area contributed by atoms with E-state index in [0.29, 0.717) is 24.2 Å². The van der Waals surface area contributed by atoms with E-state index < -0.39 is 17.9 Å². The molecule has 0 N–H and O–H groups in total. The van der Waals surface area contributed by atoms with Crippen LogP contribution in [-0.2, 0) is 20.7 Å². The maximum Gasteiger partial charge on any atom is 0.342 e. The number of furan rings is 1. The second kappa shape index (κ2) is 5.90. The molecule has 0 radical (unpaired) electrons. The number of ether oxygens (including phenoxy) is 2. The van der Waals surface area contributed by atoms with Crippen LogP contribution in [0.1, 0.15) is 46.2 Å². The fraction of sp³-hybridized carbons (Fsp3) is 0.500. The number of hydrogen-bond donors (Lipinski definition) is 0. The molecule has 0 amide bonds. The third-order valence-corrected chi connectivity index (χ3v) is 3.24. The first-order valence-corrected chi connectivity index (χ1v) is 6.43. The highest BCUT2D eigenvalue weighted by Crippen LogP contribution is 2.26. The zero-order valence-corrected chi connectivity index (χ0v) is 11.4. The van der Waals surface area contributed by atoms with Crippen molar-refractivity contribution in [3.8, 4) is 0 Å². The van der Waals surface area contributed by atoms with Gasteiger partial charge in [-0.3, -0.25) is 9.59 Å². The van der Waals surface area contributed by atoms with Crippen molar-refractivity contribution in [2.75, 3.05) is 13.7 Å². The molecule has 1 unspecified atom stereocenters. The summed E-state index contributed by atoms with van der Waals surface area (Å²) >= 11 is 0. The average molecular weight is 280 g/mol. The van der Waals surface area contributed by atoms with Crippen molar-refractivity contribution >= 4 is 17.7 Å². The summed E-state index contributed by atoms with van der Waals surface area (Å²) in [6.45, 7) is 1.49. The van der Waals surface area contributed by atoms with Gasteiger partial charge in [-0.25, -0.2) is 4.79 Å². The van der Waals surface area contributed by atoms with Crippen molar-refractivity contribution in [3.05, 3.63) is 23.2 Å². The first kappa shape index (κ1) is 14.3. The Morgan fingerprint density at radius 1 is 1.40 bits per heavy atom. The summed E-state index contributed by atoms with van der Waals surface area (Å²) < 4.78 is 14.8. The summed E-state index contributed by atoms with van der Waals surface area (Å²) in [6, 6.07) is 0. The minimum Gasteiger partial charge on any atom is -0.469 e. The number of methoxy groups -OCH3 is 1. The summed E-state index contributed by atoms with van der Waals surface area (Å²) in [6.07, 6.45) is 3.03. The normalized spacial score (nSPS) is 15.4. The van der Waals surface area contributed by atoms with E-state index in [1.807, 2.05) is 0 Å². The molecule has 0 spiro atoms. The van der Waals surface area contributed by atoms with Crippen molar-refractivity contribution in [2.45, 2.75) is 26.2 Å². The molecule has 1 aromatic rings. The van der Waals surface area contributed by atoms with Crippen molar-refractivity contribution in [3.63, 3.8) is 0 Å².